The van der Waals surface area contributed by atoms with E-state index in [-0.39, 0.29) is 0 Å². The van der Waals surface area contributed by atoms with Crippen LogP contribution in [0.5, 0.6) is 11.5 Å². The van der Waals surface area contributed by atoms with Crippen molar-refractivity contribution >= 4 is 11.6 Å². The van der Waals surface area contributed by atoms with Crippen LogP contribution in [0.2, 0.25) is 5.02 Å². The van der Waals surface area contributed by atoms with E-state index >= 15 is 0 Å². The molecule has 2 N–H and O–H groups in total. The number of rotatable bonds is 4. The monoisotopic (exact) mass is 284 g/mol. The van der Waals surface area contributed by atoms with Gasteiger partial charge in [0, 0.05) is 24.2 Å². The molecule has 2 rings (SSSR count). The zero-order chi connectivity index (χ0) is 14.0. The quantitative estimate of drug-likeness (QED) is 0.922. The van der Waals surface area contributed by atoms with Crippen LogP contribution in [0.4, 0.5) is 0 Å². The topological polar surface area (TPSA) is 47.7 Å². The molecule has 1 saturated heterocycles. The fourth-order valence-electron chi connectivity index (χ4n) is 2.78. The van der Waals surface area contributed by atoms with Crippen LogP contribution in [-0.4, -0.2) is 39.3 Å². The number of ether oxygens (including phenoxy) is 2. The number of likely N-dealkylation sites (tertiary alicyclic amines) is 1. The Morgan fingerprint density at radius 2 is 2.00 bits per heavy atom. The molecule has 0 aromatic heterocycles. The average molecular weight is 285 g/mol. The van der Waals surface area contributed by atoms with Gasteiger partial charge in [0.25, 0.3) is 0 Å². The Morgan fingerprint density at radius 1 is 1.32 bits per heavy atom. The fraction of sp³-hybridized carbons (Fsp3) is 0.571. The van der Waals surface area contributed by atoms with E-state index in [0.29, 0.717) is 29.3 Å². The van der Waals surface area contributed by atoms with Gasteiger partial charge in [0.2, 0.25) is 0 Å². The zero-order valence-electron chi connectivity index (χ0n) is 11.6. The van der Waals surface area contributed by atoms with Gasteiger partial charge >= 0.3 is 0 Å². The summed E-state index contributed by atoms with van der Waals surface area (Å²) in [6.45, 7) is 1.73. The van der Waals surface area contributed by atoms with E-state index < -0.39 is 0 Å². The van der Waals surface area contributed by atoms with Crippen LogP contribution < -0.4 is 15.2 Å². The number of nitrogens with zero attached hydrogens (tertiary/aromatic N) is 1. The minimum absolute atomic E-state index is 0.301. The molecule has 0 amide bonds. The maximum absolute atomic E-state index is 6.14. The second-order valence-corrected chi connectivity index (χ2v) is 5.43. The highest BCUT2D eigenvalue weighted by Gasteiger charge is 2.32. The molecule has 1 fully saturated rings. The first-order chi connectivity index (χ1) is 9.10. The minimum atomic E-state index is 0.301. The highest BCUT2D eigenvalue weighted by Crippen LogP contribution is 2.42. The molecule has 2 unspecified atom stereocenters. The summed E-state index contributed by atoms with van der Waals surface area (Å²) in [4.78, 5) is 2.31. The first-order valence-electron chi connectivity index (χ1n) is 6.42. The van der Waals surface area contributed by atoms with Crippen molar-refractivity contribution in [2.45, 2.75) is 12.5 Å². The first-order valence-corrected chi connectivity index (χ1v) is 6.80. The van der Waals surface area contributed by atoms with Crippen LogP contribution in [0.1, 0.15) is 18.0 Å². The highest BCUT2D eigenvalue weighted by molar-refractivity contribution is 6.32. The molecular formula is C14H21ClN2O2. The standard InChI is InChI=1S/C14H21ClN2O2/c1-17-8-9(7-16)4-12(17)10-5-14(19-3)11(15)6-13(10)18-2/h5-6,9,12H,4,7-8,16H2,1-3H3. The number of hydrogen-bond acceptors (Lipinski definition) is 4. The van der Waals surface area contributed by atoms with Gasteiger partial charge in [-0.1, -0.05) is 11.6 Å². The Hall–Kier alpha value is -0.970. The summed E-state index contributed by atoms with van der Waals surface area (Å²) >= 11 is 6.14. The summed E-state index contributed by atoms with van der Waals surface area (Å²) in [7, 11) is 5.40. The molecule has 1 aliphatic heterocycles. The number of nitrogens with two attached hydrogens (primary N) is 1. The third-order valence-corrected chi connectivity index (χ3v) is 4.13. The molecular weight excluding hydrogens is 264 g/mol. The molecule has 4 nitrogen and oxygen atoms in total. The first kappa shape index (κ1) is 14.4. The third-order valence-electron chi connectivity index (χ3n) is 3.83. The lowest BCUT2D eigenvalue weighted by Gasteiger charge is -2.22. The van der Waals surface area contributed by atoms with Gasteiger partial charge in [-0.2, -0.15) is 0 Å². The molecule has 0 radical (unpaired) electrons. The second-order valence-electron chi connectivity index (χ2n) is 5.02. The molecule has 0 saturated carbocycles. The molecule has 1 aromatic rings. The van der Waals surface area contributed by atoms with Gasteiger partial charge in [-0.05, 0) is 32.0 Å². The van der Waals surface area contributed by atoms with Gasteiger partial charge < -0.3 is 15.2 Å². The third kappa shape index (κ3) is 2.81. The van der Waals surface area contributed by atoms with Crippen molar-refractivity contribution in [2.24, 2.45) is 11.7 Å². The highest BCUT2D eigenvalue weighted by atomic mass is 35.5. The summed E-state index contributed by atoms with van der Waals surface area (Å²) in [6, 6.07) is 4.09. The molecule has 0 aliphatic carbocycles. The van der Waals surface area contributed by atoms with Crippen molar-refractivity contribution in [3.05, 3.63) is 22.7 Å². The molecule has 5 heteroatoms. The Balaban J connectivity index is 2.38. The van der Waals surface area contributed by atoms with E-state index in [1.165, 1.54) is 0 Å². The van der Waals surface area contributed by atoms with Crippen molar-refractivity contribution in [1.29, 1.82) is 0 Å². The van der Waals surface area contributed by atoms with Gasteiger partial charge in [-0.3, -0.25) is 4.90 Å². The largest absolute Gasteiger partial charge is 0.496 e. The lowest BCUT2D eigenvalue weighted by atomic mass is 9.99. The number of benzene rings is 1. The molecule has 1 aromatic carbocycles. The summed E-state index contributed by atoms with van der Waals surface area (Å²) in [5, 5.41) is 0.569. The maximum atomic E-state index is 6.14. The number of halogens is 1. The molecule has 0 spiro atoms. The van der Waals surface area contributed by atoms with E-state index in [2.05, 4.69) is 11.9 Å². The average Bonchev–Trinajstić information content (AvgIpc) is 2.79. The summed E-state index contributed by atoms with van der Waals surface area (Å²) in [6.07, 6.45) is 1.04. The van der Waals surface area contributed by atoms with Crippen LogP contribution in [0.3, 0.4) is 0 Å². The Bertz CT molecular complexity index is 453. The predicted molar refractivity (Wildman–Crippen MR) is 77.1 cm³/mol. The van der Waals surface area contributed by atoms with Gasteiger partial charge in [0.15, 0.2) is 0 Å². The number of methoxy groups -OCH3 is 2. The van der Waals surface area contributed by atoms with E-state index in [9.17, 15) is 0 Å². The van der Waals surface area contributed by atoms with Gasteiger partial charge in [-0.15, -0.1) is 0 Å². The van der Waals surface area contributed by atoms with E-state index in [4.69, 9.17) is 26.8 Å². The SMILES string of the molecule is COc1cc(C2CC(CN)CN2C)c(OC)cc1Cl. The van der Waals surface area contributed by atoms with Crippen LogP contribution in [0.15, 0.2) is 12.1 Å². The summed E-state index contributed by atoms with van der Waals surface area (Å²) in [5.41, 5.74) is 6.90. The smallest absolute Gasteiger partial charge is 0.138 e. The van der Waals surface area contributed by atoms with Crippen LogP contribution >= 0.6 is 11.6 Å². The molecule has 2 atom stereocenters. The molecule has 1 heterocycles. The van der Waals surface area contributed by atoms with Crippen molar-refractivity contribution in [3.8, 4) is 11.5 Å². The minimum Gasteiger partial charge on any atom is -0.496 e. The van der Waals surface area contributed by atoms with Crippen molar-refractivity contribution in [2.75, 3.05) is 34.4 Å². The lowest BCUT2D eigenvalue weighted by molar-refractivity contribution is 0.301. The molecule has 0 bridgehead atoms. The van der Waals surface area contributed by atoms with Gasteiger partial charge in [0.05, 0.1) is 19.2 Å². The second kappa shape index (κ2) is 5.99. The van der Waals surface area contributed by atoms with E-state index in [1.807, 2.05) is 12.1 Å². The van der Waals surface area contributed by atoms with Crippen LogP contribution in [0.25, 0.3) is 0 Å². The Morgan fingerprint density at radius 3 is 2.53 bits per heavy atom. The fourth-order valence-corrected chi connectivity index (χ4v) is 3.02. The Kier molecular flexibility index (Phi) is 4.55. The lowest BCUT2D eigenvalue weighted by Crippen LogP contribution is -2.20. The predicted octanol–water partition coefficient (Wildman–Crippen LogP) is 2.31. The normalized spacial score (nSPS) is 23.6. The van der Waals surface area contributed by atoms with Crippen LogP contribution in [0, 0.1) is 5.92 Å². The zero-order valence-corrected chi connectivity index (χ0v) is 12.4. The summed E-state index contributed by atoms with van der Waals surface area (Å²) < 4.78 is 10.8. The van der Waals surface area contributed by atoms with Gasteiger partial charge in [-0.25, -0.2) is 0 Å². The maximum Gasteiger partial charge on any atom is 0.138 e. The molecule has 1 aliphatic rings. The van der Waals surface area contributed by atoms with Crippen LogP contribution in [-0.2, 0) is 0 Å². The van der Waals surface area contributed by atoms with E-state index in [0.717, 1.165) is 24.3 Å². The van der Waals surface area contributed by atoms with Gasteiger partial charge in [0.1, 0.15) is 11.5 Å². The number of hydrogen-bond donors (Lipinski definition) is 1. The van der Waals surface area contributed by atoms with E-state index in [1.54, 1.807) is 14.2 Å². The van der Waals surface area contributed by atoms with Crippen molar-refractivity contribution in [3.63, 3.8) is 0 Å². The molecule has 106 valence electrons. The Labute approximate surface area is 119 Å². The van der Waals surface area contributed by atoms with Crippen molar-refractivity contribution in [1.82, 2.24) is 4.90 Å². The van der Waals surface area contributed by atoms with Crippen molar-refractivity contribution < 1.29 is 9.47 Å². The summed E-state index contributed by atoms with van der Waals surface area (Å²) in [5.74, 6) is 2.02. The molecule has 19 heavy (non-hydrogen) atoms.